The van der Waals surface area contributed by atoms with Crippen LogP contribution in [0.4, 0.5) is 23.5 Å². The Morgan fingerprint density at radius 1 is 0.705 bits per heavy atom. The molecule has 308 valence electrons. The van der Waals surface area contributed by atoms with Crippen LogP contribution >= 0.6 is 0 Å². The fraction of sp³-hybridized carbons (Fsp3) is 0.220. The number of nitrogens with one attached hydrogen (secondary N) is 1. The van der Waals surface area contributed by atoms with E-state index >= 15 is 0 Å². The summed E-state index contributed by atoms with van der Waals surface area (Å²) in [5.74, 6) is 8.96. The lowest BCUT2D eigenvalue weighted by molar-refractivity contribution is -0.149. The molecule has 2 atom stereocenters. The zero-order chi connectivity index (χ0) is 43.6. The Hall–Kier alpha value is -8.52. The van der Waals surface area contributed by atoms with E-state index in [0.29, 0.717) is 29.7 Å². The molecule has 0 aliphatic rings. The SMILES string of the molecule is CC(CC#Cc1cnc2nc(N)nc(N)c2n1)c1cccc(C(=O)NOC(=O)CCCC(=O)Oc2ccc(C(C)CC#Cc3cnc4nc(N)nc(N)c4n3)cc2C(N)=O)c1. The zero-order valence-corrected chi connectivity index (χ0v) is 32.8. The molecule has 4 heterocycles. The average Bonchev–Trinajstić information content (AvgIpc) is 3.23. The molecule has 0 bridgehead atoms. The normalized spacial score (nSPS) is 11.6. The fourth-order valence-corrected chi connectivity index (χ4v) is 5.72. The lowest BCUT2D eigenvalue weighted by Gasteiger charge is -2.13. The second-order valence-electron chi connectivity index (χ2n) is 13.6. The first-order valence-corrected chi connectivity index (χ1v) is 18.6. The van der Waals surface area contributed by atoms with Gasteiger partial charge in [0.25, 0.3) is 11.8 Å². The van der Waals surface area contributed by atoms with Crippen molar-refractivity contribution >= 4 is 69.6 Å². The van der Waals surface area contributed by atoms with Crippen LogP contribution in [0.15, 0.2) is 54.9 Å². The maximum atomic E-state index is 12.8. The molecule has 0 aliphatic carbocycles. The molecule has 0 aliphatic heterocycles. The fourth-order valence-electron chi connectivity index (χ4n) is 5.72. The van der Waals surface area contributed by atoms with Crippen LogP contribution in [0.25, 0.3) is 22.3 Å². The zero-order valence-electron chi connectivity index (χ0n) is 32.8. The number of anilines is 4. The summed E-state index contributed by atoms with van der Waals surface area (Å²) in [5.41, 5.74) is 34.4. The molecule has 2 unspecified atom stereocenters. The molecule has 2 aromatic carbocycles. The number of aromatic nitrogens is 8. The number of carbonyl (C=O) groups is 4. The van der Waals surface area contributed by atoms with E-state index in [1.165, 1.54) is 24.5 Å². The van der Waals surface area contributed by atoms with Crippen LogP contribution in [0.1, 0.15) is 101 Å². The van der Waals surface area contributed by atoms with Gasteiger partial charge in [-0.05, 0) is 65.5 Å². The summed E-state index contributed by atoms with van der Waals surface area (Å²) >= 11 is 0. The van der Waals surface area contributed by atoms with Crippen molar-refractivity contribution in [1.29, 1.82) is 0 Å². The van der Waals surface area contributed by atoms with E-state index in [0.717, 1.165) is 11.1 Å². The summed E-state index contributed by atoms with van der Waals surface area (Å²) in [6.45, 7) is 3.84. The monoisotopic (exact) mass is 822 g/mol. The minimum Gasteiger partial charge on any atom is -0.426 e. The molecule has 11 N–H and O–H groups in total. The average molecular weight is 823 g/mol. The summed E-state index contributed by atoms with van der Waals surface area (Å²) in [7, 11) is 0. The number of hydroxylamine groups is 1. The van der Waals surface area contributed by atoms with E-state index in [1.54, 1.807) is 24.3 Å². The number of hydrogen-bond donors (Lipinski definition) is 6. The molecular weight excluding hydrogens is 785 g/mol. The lowest BCUT2D eigenvalue weighted by Crippen LogP contribution is -2.27. The number of ether oxygens (including phenoxy) is 1. The summed E-state index contributed by atoms with van der Waals surface area (Å²) in [4.78, 5) is 87.9. The Morgan fingerprint density at radius 2 is 1.26 bits per heavy atom. The van der Waals surface area contributed by atoms with Crippen LogP contribution in [0.5, 0.6) is 5.75 Å². The van der Waals surface area contributed by atoms with Gasteiger partial charge in [0.05, 0.1) is 18.0 Å². The first-order chi connectivity index (χ1) is 29.2. The number of nitrogen functional groups attached to an aromatic ring is 4. The number of nitrogens with zero attached hydrogens (tertiary/aromatic N) is 8. The number of amides is 2. The van der Waals surface area contributed by atoms with E-state index in [1.807, 2.05) is 19.9 Å². The highest BCUT2D eigenvalue weighted by Crippen LogP contribution is 2.27. The van der Waals surface area contributed by atoms with Gasteiger partial charge in [-0.25, -0.2) is 24.7 Å². The quantitative estimate of drug-likeness (QED) is 0.0473. The molecule has 6 aromatic rings. The summed E-state index contributed by atoms with van der Waals surface area (Å²) in [5, 5.41) is 0. The van der Waals surface area contributed by atoms with E-state index < -0.39 is 23.8 Å². The highest BCUT2D eigenvalue weighted by Gasteiger charge is 2.18. The van der Waals surface area contributed by atoms with Crippen LogP contribution in [-0.4, -0.2) is 63.6 Å². The Labute approximate surface area is 347 Å². The Balaban J connectivity index is 0.942. The minimum absolute atomic E-state index is 0.00123. The van der Waals surface area contributed by atoms with Crippen molar-refractivity contribution < 1.29 is 28.8 Å². The number of nitrogens with two attached hydrogens (primary N) is 5. The highest BCUT2D eigenvalue weighted by molar-refractivity contribution is 5.97. The van der Waals surface area contributed by atoms with Gasteiger partial charge in [-0.3, -0.25) is 14.4 Å². The number of primary amides is 1. The van der Waals surface area contributed by atoms with Gasteiger partial charge in [-0.2, -0.15) is 25.4 Å². The predicted molar refractivity (Wildman–Crippen MR) is 222 cm³/mol. The molecule has 6 rings (SSSR count). The Bertz CT molecular complexity index is 2830. The van der Waals surface area contributed by atoms with Crippen LogP contribution in [0.3, 0.4) is 0 Å². The Kier molecular flexibility index (Phi) is 13.0. The van der Waals surface area contributed by atoms with E-state index in [2.05, 4.69) is 69.0 Å². The molecule has 4 aromatic heterocycles. The molecule has 20 nitrogen and oxygen atoms in total. The predicted octanol–water partition coefficient (Wildman–Crippen LogP) is 2.64. The molecule has 20 heteroatoms. The third-order valence-corrected chi connectivity index (χ3v) is 8.95. The number of esters is 1. The van der Waals surface area contributed by atoms with E-state index in [9.17, 15) is 19.2 Å². The first kappa shape index (κ1) is 42.1. The maximum absolute atomic E-state index is 12.8. The van der Waals surface area contributed by atoms with E-state index in [4.69, 9.17) is 38.2 Å². The van der Waals surface area contributed by atoms with Crippen LogP contribution in [0.2, 0.25) is 0 Å². The van der Waals surface area contributed by atoms with Gasteiger partial charge in [0.1, 0.15) is 17.1 Å². The topological polar surface area (TPSA) is 332 Å². The number of rotatable bonds is 11. The van der Waals surface area contributed by atoms with Gasteiger partial charge >= 0.3 is 11.9 Å². The smallest absolute Gasteiger partial charge is 0.332 e. The first-order valence-electron chi connectivity index (χ1n) is 18.6. The van der Waals surface area contributed by atoms with Crippen molar-refractivity contribution in [1.82, 2.24) is 45.4 Å². The lowest BCUT2D eigenvalue weighted by atomic mass is 9.95. The van der Waals surface area contributed by atoms with Crippen molar-refractivity contribution in [3.8, 4) is 29.4 Å². The summed E-state index contributed by atoms with van der Waals surface area (Å²) < 4.78 is 5.41. The number of benzene rings is 2. The second kappa shape index (κ2) is 18.8. The molecule has 2 amide bonds. The molecule has 0 fully saturated rings. The molecule has 0 saturated heterocycles. The van der Waals surface area contributed by atoms with Crippen LogP contribution < -0.4 is 38.9 Å². The molecule has 61 heavy (non-hydrogen) atoms. The molecule has 0 radical (unpaired) electrons. The summed E-state index contributed by atoms with van der Waals surface area (Å²) in [6.07, 6.45) is 3.35. The van der Waals surface area contributed by atoms with Crippen molar-refractivity contribution in [3.05, 3.63) is 88.5 Å². The minimum atomic E-state index is -0.801. The van der Waals surface area contributed by atoms with E-state index in [-0.39, 0.29) is 88.3 Å². The van der Waals surface area contributed by atoms with Crippen molar-refractivity contribution in [2.75, 3.05) is 22.9 Å². The number of carbonyl (C=O) groups excluding carboxylic acids is 4. The summed E-state index contributed by atoms with van der Waals surface area (Å²) in [6, 6.07) is 11.5. The number of fused-ring (bicyclic) bond motifs is 2. The maximum Gasteiger partial charge on any atom is 0.332 e. The van der Waals surface area contributed by atoms with Crippen molar-refractivity contribution in [2.24, 2.45) is 5.73 Å². The van der Waals surface area contributed by atoms with Crippen molar-refractivity contribution in [2.45, 2.75) is 57.8 Å². The Morgan fingerprint density at radius 3 is 1.84 bits per heavy atom. The molecule has 0 spiro atoms. The molecule has 0 saturated carbocycles. The van der Waals surface area contributed by atoms with Gasteiger partial charge in [0.2, 0.25) is 11.9 Å². The van der Waals surface area contributed by atoms with Gasteiger partial charge in [-0.1, -0.05) is 43.9 Å². The second-order valence-corrected chi connectivity index (χ2v) is 13.6. The van der Waals surface area contributed by atoms with Crippen LogP contribution in [-0.2, 0) is 14.4 Å². The standard InChI is InChI=1S/C41H38N14O6/c1-21(7-3-11-26-19-47-37-32(49-26)34(42)51-40(45)53-37)23-9-5-10-25(17-23)39(59)55-61-31(57)14-6-13-30(56)60-29-16-15-24(18-28(29)36(44)58)22(2)8-4-12-27-20-48-38-33(50-27)35(43)52-41(46)54-38/h5,9-10,15-22H,6-8,13-14H2,1-2H3,(H2,44,58)(H,55,59)(H4,42,45,47,51,53)(H4,43,46,48,52,54). The van der Waals surface area contributed by atoms with Crippen molar-refractivity contribution in [3.63, 3.8) is 0 Å². The number of hydrogen-bond acceptors (Lipinski definition) is 18. The highest BCUT2D eigenvalue weighted by atomic mass is 16.7. The van der Waals surface area contributed by atoms with Gasteiger partial charge in [0.15, 0.2) is 34.0 Å². The third kappa shape index (κ3) is 10.9. The van der Waals surface area contributed by atoms with Gasteiger partial charge < -0.3 is 38.2 Å². The van der Waals surface area contributed by atoms with Gasteiger partial charge in [-0.15, -0.1) is 0 Å². The largest absolute Gasteiger partial charge is 0.426 e. The van der Waals surface area contributed by atoms with Gasteiger partial charge in [0, 0.05) is 31.2 Å². The molecular formula is C41H38N14O6. The van der Waals surface area contributed by atoms with Crippen LogP contribution in [0, 0.1) is 23.7 Å². The third-order valence-electron chi connectivity index (χ3n) is 8.95.